The summed E-state index contributed by atoms with van der Waals surface area (Å²) in [6, 6.07) is 6.63. The number of ether oxygens (including phenoxy) is 1. The molecular formula is C13H14N4O3. The highest BCUT2D eigenvalue weighted by Gasteiger charge is 2.15. The molecule has 2 rings (SSSR count). The van der Waals surface area contributed by atoms with Gasteiger partial charge >= 0.3 is 5.69 Å². The van der Waals surface area contributed by atoms with E-state index in [9.17, 15) is 10.1 Å². The Balaban J connectivity index is 2.06. The van der Waals surface area contributed by atoms with Crippen LogP contribution in [0.5, 0.6) is 5.88 Å². The van der Waals surface area contributed by atoms with Crippen LogP contribution in [-0.4, -0.2) is 28.5 Å². The van der Waals surface area contributed by atoms with Gasteiger partial charge in [-0.2, -0.15) is 4.98 Å². The van der Waals surface area contributed by atoms with Gasteiger partial charge in [0.2, 0.25) is 11.7 Å². The van der Waals surface area contributed by atoms with Crippen molar-refractivity contribution in [1.82, 2.24) is 9.97 Å². The summed E-state index contributed by atoms with van der Waals surface area (Å²) < 4.78 is 4.97. The lowest BCUT2D eigenvalue weighted by molar-refractivity contribution is -0.384. The van der Waals surface area contributed by atoms with Crippen LogP contribution in [0, 0.1) is 10.1 Å². The summed E-state index contributed by atoms with van der Waals surface area (Å²) in [5.74, 6) is 0.540. The minimum absolute atomic E-state index is 0.0722. The Bertz CT molecular complexity index is 589. The maximum absolute atomic E-state index is 10.9. The largest absolute Gasteiger partial charge is 0.481 e. The van der Waals surface area contributed by atoms with Gasteiger partial charge in [0, 0.05) is 31.1 Å². The molecular weight excluding hydrogens is 260 g/mol. The maximum Gasteiger partial charge on any atom is 0.311 e. The van der Waals surface area contributed by atoms with E-state index in [0.29, 0.717) is 18.8 Å². The lowest BCUT2D eigenvalue weighted by atomic mass is 10.2. The maximum atomic E-state index is 10.9. The molecule has 104 valence electrons. The standard InChI is InChI=1S/C13H14N4O3/c1-20-12-5-4-11(17(18)19)13(16-12)15-8-6-10-3-2-7-14-9-10/h2-5,7,9H,6,8H2,1H3,(H,15,16). The molecule has 0 aliphatic carbocycles. The Hall–Kier alpha value is -2.70. The molecule has 0 unspecified atom stereocenters. The number of hydrogen-bond donors (Lipinski definition) is 1. The predicted molar refractivity (Wildman–Crippen MR) is 73.9 cm³/mol. The average molecular weight is 274 g/mol. The molecule has 0 radical (unpaired) electrons. The molecule has 1 N–H and O–H groups in total. The van der Waals surface area contributed by atoms with Crippen LogP contribution in [0.1, 0.15) is 5.56 Å². The molecule has 0 saturated heterocycles. The van der Waals surface area contributed by atoms with Crippen LogP contribution in [0.15, 0.2) is 36.7 Å². The third-order valence-corrected chi connectivity index (χ3v) is 2.68. The van der Waals surface area contributed by atoms with Gasteiger partial charge in [-0.25, -0.2) is 0 Å². The van der Waals surface area contributed by atoms with Gasteiger partial charge in [-0.1, -0.05) is 6.07 Å². The Morgan fingerprint density at radius 3 is 2.90 bits per heavy atom. The van der Waals surface area contributed by atoms with Gasteiger partial charge in [0.25, 0.3) is 0 Å². The molecule has 7 heteroatoms. The van der Waals surface area contributed by atoms with E-state index in [1.165, 1.54) is 19.2 Å². The van der Waals surface area contributed by atoms with Crippen molar-refractivity contribution in [2.24, 2.45) is 0 Å². The zero-order chi connectivity index (χ0) is 14.4. The van der Waals surface area contributed by atoms with E-state index in [-0.39, 0.29) is 11.5 Å². The zero-order valence-corrected chi connectivity index (χ0v) is 10.9. The SMILES string of the molecule is COc1ccc([N+](=O)[O-])c(NCCc2cccnc2)n1. The van der Waals surface area contributed by atoms with E-state index in [4.69, 9.17) is 4.74 Å². The Morgan fingerprint density at radius 1 is 1.40 bits per heavy atom. The van der Waals surface area contributed by atoms with Crippen LogP contribution in [0.4, 0.5) is 11.5 Å². The van der Waals surface area contributed by atoms with Crippen molar-refractivity contribution in [3.63, 3.8) is 0 Å². The van der Waals surface area contributed by atoms with Crippen LogP contribution < -0.4 is 10.1 Å². The third-order valence-electron chi connectivity index (χ3n) is 2.68. The van der Waals surface area contributed by atoms with Crippen molar-refractivity contribution in [2.75, 3.05) is 19.0 Å². The molecule has 7 nitrogen and oxygen atoms in total. The number of nitro groups is 1. The van der Waals surface area contributed by atoms with Gasteiger partial charge in [-0.15, -0.1) is 0 Å². The zero-order valence-electron chi connectivity index (χ0n) is 10.9. The summed E-state index contributed by atoms with van der Waals surface area (Å²) in [7, 11) is 1.47. The molecule has 0 atom stereocenters. The van der Waals surface area contributed by atoms with Gasteiger partial charge in [0.15, 0.2) is 0 Å². The van der Waals surface area contributed by atoms with E-state index < -0.39 is 4.92 Å². The van der Waals surface area contributed by atoms with Crippen molar-refractivity contribution < 1.29 is 9.66 Å². The molecule has 0 fully saturated rings. The summed E-state index contributed by atoms with van der Waals surface area (Å²) in [6.45, 7) is 0.521. The number of pyridine rings is 2. The Morgan fingerprint density at radius 2 is 2.25 bits per heavy atom. The van der Waals surface area contributed by atoms with Gasteiger partial charge in [0.1, 0.15) is 0 Å². The number of nitrogens with one attached hydrogen (secondary N) is 1. The quantitative estimate of drug-likeness (QED) is 0.640. The fraction of sp³-hybridized carbons (Fsp3) is 0.231. The van der Waals surface area contributed by atoms with Crippen molar-refractivity contribution >= 4 is 11.5 Å². The molecule has 2 aromatic rings. The molecule has 20 heavy (non-hydrogen) atoms. The highest BCUT2D eigenvalue weighted by molar-refractivity contribution is 5.57. The highest BCUT2D eigenvalue weighted by Crippen LogP contribution is 2.24. The summed E-state index contributed by atoms with van der Waals surface area (Å²) in [4.78, 5) is 18.5. The lowest BCUT2D eigenvalue weighted by Gasteiger charge is -2.07. The molecule has 0 spiro atoms. The number of methoxy groups -OCH3 is 1. The summed E-state index contributed by atoms with van der Waals surface area (Å²) >= 11 is 0. The average Bonchev–Trinajstić information content (AvgIpc) is 2.48. The van der Waals surface area contributed by atoms with E-state index in [1.807, 2.05) is 12.1 Å². The van der Waals surface area contributed by atoms with Crippen molar-refractivity contribution in [1.29, 1.82) is 0 Å². The number of anilines is 1. The summed E-state index contributed by atoms with van der Waals surface area (Å²) in [5.41, 5.74) is 0.975. The van der Waals surface area contributed by atoms with Crippen LogP contribution in [0.3, 0.4) is 0 Å². The van der Waals surface area contributed by atoms with Gasteiger partial charge in [0.05, 0.1) is 12.0 Å². The molecule has 2 aromatic heterocycles. The van der Waals surface area contributed by atoms with E-state index in [1.54, 1.807) is 12.4 Å². The molecule has 0 saturated carbocycles. The third kappa shape index (κ3) is 3.41. The molecule has 0 aliphatic heterocycles. The van der Waals surface area contributed by atoms with Crippen molar-refractivity contribution in [3.05, 3.63) is 52.3 Å². The first-order chi connectivity index (χ1) is 9.70. The van der Waals surface area contributed by atoms with Crippen molar-refractivity contribution in [2.45, 2.75) is 6.42 Å². The minimum atomic E-state index is -0.473. The second-order valence-electron chi connectivity index (χ2n) is 4.02. The molecule has 0 bridgehead atoms. The van der Waals surface area contributed by atoms with Gasteiger partial charge < -0.3 is 10.1 Å². The monoisotopic (exact) mass is 274 g/mol. The summed E-state index contributed by atoms with van der Waals surface area (Å²) in [5, 5.41) is 13.9. The molecule has 2 heterocycles. The second kappa shape index (κ2) is 6.46. The first-order valence-corrected chi connectivity index (χ1v) is 6.03. The first-order valence-electron chi connectivity index (χ1n) is 6.03. The normalized spacial score (nSPS) is 10.1. The molecule has 0 amide bonds. The van der Waals surface area contributed by atoms with Crippen LogP contribution in [-0.2, 0) is 6.42 Å². The van der Waals surface area contributed by atoms with Crippen LogP contribution >= 0.6 is 0 Å². The summed E-state index contributed by atoms with van der Waals surface area (Å²) in [6.07, 6.45) is 4.16. The van der Waals surface area contributed by atoms with E-state index >= 15 is 0 Å². The van der Waals surface area contributed by atoms with Crippen LogP contribution in [0.25, 0.3) is 0 Å². The van der Waals surface area contributed by atoms with Crippen molar-refractivity contribution in [3.8, 4) is 5.88 Å². The molecule has 0 aromatic carbocycles. The lowest BCUT2D eigenvalue weighted by Crippen LogP contribution is -2.09. The fourth-order valence-electron chi connectivity index (χ4n) is 1.70. The number of aromatic nitrogens is 2. The number of hydrogen-bond acceptors (Lipinski definition) is 6. The molecule has 0 aliphatic rings. The minimum Gasteiger partial charge on any atom is -0.481 e. The second-order valence-corrected chi connectivity index (χ2v) is 4.02. The first kappa shape index (κ1) is 13.7. The number of nitrogens with zero attached hydrogens (tertiary/aromatic N) is 3. The van der Waals surface area contributed by atoms with Gasteiger partial charge in [-0.3, -0.25) is 15.1 Å². The topological polar surface area (TPSA) is 90.2 Å². The van der Waals surface area contributed by atoms with Crippen LogP contribution in [0.2, 0.25) is 0 Å². The Labute approximate surface area is 115 Å². The van der Waals surface area contributed by atoms with E-state index in [0.717, 1.165) is 5.56 Å². The van der Waals surface area contributed by atoms with E-state index in [2.05, 4.69) is 15.3 Å². The van der Waals surface area contributed by atoms with Gasteiger partial charge in [-0.05, 0) is 18.1 Å². The Kier molecular flexibility index (Phi) is 4.43. The number of rotatable bonds is 6. The predicted octanol–water partition coefficient (Wildman–Crippen LogP) is 2.05. The smallest absolute Gasteiger partial charge is 0.311 e. The fourth-order valence-corrected chi connectivity index (χ4v) is 1.70. The highest BCUT2D eigenvalue weighted by atomic mass is 16.6.